The fourth-order valence-electron chi connectivity index (χ4n) is 4.98. The summed E-state index contributed by atoms with van der Waals surface area (Å²) in [4.78, 5) is 14.3. The summed E-state index contributed by atoms with van der Waals surface area (Å²) in [5.41, 5.74) is 2.49. The lowest BCUT2D eigenvalue weighted by Crippen LogP contribution is -3.11. The molecule has 166 valence electrons. The largest absolute Gasteiger partial charge is 0.489 e. The average Bonchev–Trinajstić information content (AvgIpc) is 3.08. The summed E-state index contributed by atoms with van der Waals surface area (Å²) in [7, 11) is 0. The molecule has 1 saturated heterocycles. The van der Waals surface area contributed by atoms with Crippen molar-refractivity contribution < 1.29 is 14.4 Å². The van der Waals surface area contributed by atoms with Gasteiger partial charge in [-0.1, -0.05) is 68.1 Å². The second-order valence-corrected chi connectivity index (χ2v) is 9.32. The number of quaternary nitrogens is 1. The molecule has 1 aliphatic carbocycles. The van der Waals surface area contributed by atoms with E-state index in [4.69, 9.17) is 4.74 Å². The fourth-order valence-corrected chi connectivity index (χ4v) is 4.98. The molecule has 2 aliphatic rings. The number of hydrogen-bond acceptors (Lipinski definition) is 2. The van der Waals surface area contributed by atoms with Crippen LogP contribution < -0.4 is 15.0 Å². The molecule has 4 heteroatoms. The maximum Gasteiger partial charge on any atom is 0.223 e. The number of nitrogens with one attached hydrogen (secondary N) is 2. The molecular formula is C27H37N2O2+. The summed E-state index contributed by atoms with van der Waals surface area (Å²) in [5.74, 6) is 1.44. The van der Waals surface area contributed by atoms with Crippen molar-refractivity contribution in [2.75, 3.05) is 13.1 Å². The lowest BCUT2D eigenvalue weighted by Gasteiger charge is -2.30. The Morgan fingerprint density at radius 1 is 0.871 bits per heavy atom. The Balaban J connectivity index is 1.22. The molecule has 1 aliphatic heterocycles. The minimum atomic E-state index is 0.201. The van der Waals surface area contributed by atoms with Gasteiger partial charge in [-0.05, 0) is 30.5 Å². The van der Waals surface area contributed by atoms with E-state index in [1.807, 2.05) is 24.3 Å². The topological polar surface area (TPSA) is 42.8 Å². The number of rotatable bonds is 7. The van der Waals surface area contributed by atoms with Gasteiger partial charge in [0.2, 0.25) is 5.91 Å². The molecule has 1 amide bonds. The van der Waals surface area contributed by atoms with Gasteiger partial charge in [-0.15, -0.1) is 0 Å². The number of likely N-dealkylation sites (tertiary alicyclic amines) is 1. The first-order valence-corrected chi connectivity index (χ1v) is 12.2. The number of piperidine rings is 1. The molecule has 0 atom stereocenters. The zero-order valence-electron chi connectivity index (χ0n) is 18.7. The van der Waals surface area contributed by atoms with Crippen molar-refractivity contribution in [1.29, 1.82) is 0 Å². The highest BCUT2D eigenvalue weighted by Gasteiger charge is 2.28. The van der Waals surface area contributed by atoms with Crippen LogP contribution in [0.25, 0.3) is 0 Å². The zero-order chi connectivity index (χ0) is 21.3. The quantitative estimate of drug-likeness (QED) is 0.666. The third-order valence-corrected chi connectivity index (χ3v) is 6.87. The maximum absolute atomic E-state index is 12.7. The Labute approximate surface area is 187 Å². The van der Waals surface area contributed by atoms with Crippen molar-refractivity contribution in [1.82, 2.24) is 5.32 Å². The summed E-state index contributed by atoms with van der Waals surface area (Å²) in [5, 5.41) is 3.36. The molecule has 1 saturated carbocycles. The Kier molecular flexibility index (Phi) is 8.00. The van der Waals surface area contributed by atoms with Crippen LogP contribution in [-0.2, 0) is 17.9 Å². The van der Waals surface area contributed by atoms with Gasteiger partial charge in [-0.2, -0.15) is 0 Å². The summed E-state index contributed by atoms with van der Waals surface area (Å²) in [6, 6.07) is 19.2. The van der Waals surface area contributed by atoms with Crippen molar-refractivity contribution in [2.24, 2.45) is 5.92 Å². The first-order chi connectivity index (χ1) is 15.3. The van der Waals surface area contributed by atoms with E-state index in [9.17, 15) is 4.79 Å². The normalized spacial score (nSPS) is 22.5. The molecule has 2 fully saturated rings. The van der Waals surface area contributed by atoms with Crippen LogP contribution in [0.1, 0.15) is 62.5 Å². The molecule has 1 heterocycles. The molecule has 0 radical (unpaired) electrons. The molecule has 0 spiro atoms. The molecule has 2 aromatic carbocycles. The highest BCUT2D eigenvalue weighted by Crippen LogP contribution is 2.19. The van der Waals surface area contributed by atoms with E-state index in [0.717, 1.165) is 38.2 Å². The number of amides is 1. The highest BCUT2D eigenvalue weighted by atomic mass is 16.5. The SMILES string of the molecule is O=C(NC1CCCCCC1)C1CC[NH+](Cc2cccc(OCc3ccccc3)c2)CC1. The van der Waals surface area contributed by atoms with Crippen molar-refractivity contribution in [2.45, 2.75) is 70.6 Å². The van der Waals surface area contributed by atoms with Crippen LogP contribution in [0.5, 0.6) is 5.75 Å². The van der Waals surface area contributed by atoms with Crippen LogP contribution in [0.15, 0.2) is 54.6 Å². The van der Waals surface area contributed by atoms with E-state index in [1.54, 1.807) is 4.90 Å². The number of ether oxygens (including phenoxy) is 1. The Bertz CT molecular complexity index is 807. The summed E-state index contributed by atoms with van der Waals surface area (Å²) < 4.78 is 5.99. The number of carbonyl (C=O) groups excluding carboxylic acids is 1. The number of benzene rings is 2. The molecule has 0 unspecified atom stereocenters. The van der Waals surface area contributed by atoms with Gasteiger partial charge in [0.1, 0.15) is 18.9 Å². The van der Waals surface area contributed by atoms with E-state index in [2.05, 4.69) is 35.6 Å². The van der Waals surface area contributed by atoms with Gasteiger partial charge >= 0.3 is 0 Å². The average molecular weight is 422 g/mol. The summed E-state index contributed by atoms with van der Waals surface area (Å²) in [6.07, 6.45) is 9.51. The van der Waals surface area contributed by atoms with Crippen LogP contribution >= 0.6 is 0 Å². The molecule has 4 nitrogen and oxygen atoms in total. The monoisotopic (exact) mass is 421 g/mol. The van der Waals surface area contributed by atoms with Crippen LogP contribution in [0.2, 0.25) is 0 Å². The smallest absolute Gasteiger partial charge is 0.223 e. The summed E-state index contributed by atoms with van der Waals surface area (Å²) in [6.45, 7) is 3.73. The van der Waals surface area contributed by atoms with E-state index in [0.29, 0.717) is 18.6 Å². The van der Waals surface area contributed by atoms with Crippen LogP contribution in [0.4, 0.5) is 0 Å². The van der Waals surface area contributed by atoms with Gasteiger partial charge in [0, 0.05) is 30.4 Å². The molecule has 2 N–H and O–H groups in total. The molecule has 4 rings (SSSR count). The second kappa shape index (κ2) is 11.3. The fraction of sp³-hybridized carbons (Fsp3) is 0.519. The lowest BCUT2D eigenvalue weighted by molar-refractivity contribution is -0.919. The van der Waals surface area contributed by atoms with Crippen LogP contribution in [0, 0.1) is 5.92 Å². The van der Waals surface area contributed by atoms with Crippen LogP contribution in [-0.4, -0.2) is 25.0 Å². The Morgan fingerprint density at radius 3 is 2.32 bits per heavy atom. The number of carbonyl (C=O) groups is 1. The standard InChI is InChI=1S/C27H36N2O2/c30-27(28-25-12-6-1-2-7-13-25)24-15-17-29(18-16-24)20-23-11-8-14-26(19-23)31-21-22-9-4-3-5-10-22/h3-5,8-11,14,19,24-25H,1-2,6-7,12-13,15-18,20-21H2,(H,28,30)/p+1. The van der Waals surface area contributed by atoms with E-state index >= 15 is 0 Å². The molecule has 0 aromatic heterocycles. The molecule has 31 heavy (non-hydrogen) atoms. The van der Waals surface area contributed by atoms with Gasteiger partial charge in [0.25, 0.3) is 0 Å². The second-order valence-electron chi connectivity index (χ2n) is 9.32. The van der Waals surface area contributed by atoms with E-state index in [-0.39, 0.29) is 5.92 Å². The molecule has 0 bridgehead atoms. The first kappa shape index (κ1) is 21.9. The van der Waals surface area contributed by atoms with Gasteiger partial charge in [0.05, 0.1) is 13.1 Å². The van der Waals surface area contributed by atoms with Crippen molar-refractivity contribution in [3.05, 3.63) is 65.7 Å². The molecular weight excluding hydrogens is 384 g/mol. The predicted molar refractivity (Wildman–Crippen MR) is 124 cm³/mol. The maximum atomic E-state index is 12.7. The van der Waals surface area contributed by atoms with Gasteiger partial charge < -0.3 is 15.0 Å². The minimum absolute atomic E-state index is 0.201. The summed E-state index contributed by atoms with van der Waals surface area (Å²) >= 11 is 0. The predicted octanol–water partition coefficient (Wildman–Crippen LogP) is 3.90. The lowest BCUT2D eigenvalue weighted by atomic mass is 9.94. The third-order valence-electron chi connectivity index (χ3n) is 6.87. The highest BCUT2D eigenvalue weighted by molar-refractivity contribution is 5.79. The van der Waals surface area contributed by atoms with Crippen molar-refractivity contribution in [3.8, 4) is 5.75 Å². The van der Waals surface area contributed by atoms with E-state index < -0.39 is 0 Å². The van der Waals surface area contributed by atoms with Crippen molar-refractivity contribution in [3.63, 3.8) is 0 Å². The van der Waals surface area contributed by atoms with Crippen LogP contribution in [0.3, 0.4) is 0 Å². The van der Waals surface area contributed by atoms with Gasteiger partial charge in [-0.25, -0.2) is 0 Å². The number of hydrogen-bond donors (Lipinski definition) is 2. The van der Waals surface area contributed by atoms with Gasteiger partial charge in [-0.3, -0.25) is 4.79 Å². The van der Waals surface area contributed by atoms with E-state index in [1.165, 1.54) is 49.7 Å². The van der Waals surface area contributed by atoms with Crippen molar-refractivity contribution >= 4 is 5.91 Å². The Morgan fingerprint density at radius 2 is 1.58 bits per heavy atom. The first-order valence-electron chi connectivity index (χ1n) is 12.2. The molecule has 2 aromatic rings. The minimum Gasteiger partial charge on any atom is -0.489 e. The Hall–Kier alpha value is -2.33. The zero-order valence-corrected chi connectivity index (χ0v) is 18.7. The van der Waals surface area contributed by atoms with Gasteiger partial charge in [0.15, 0.2) is 0 Å². The third kappa shape index (κ3) is 6.83.